The number of benzene rings is 1. The first-order chi connectivity index (χ1) is 7.82. The second kappa shape index (κ2) is 5.49. The Morgan fingerprint density at radius 1 is 1.41 bits per heavy atom. The number of nitrogen functional groups attached to an aromatic ring is 1. The van der Waals surface area contributed by atoms with Crippen LogP contribution in [0.5, 0.6) is 0 Å². The van der Waals surface area contributed by atoms with Gasteiger partial charge in [-0.05, 0) is 40.9 Å². The third kappa shape index (κ3) is 3.43. The molecule has 1 aromatic carbocycles. The number of rotatable bonds is 3. The van der Waals surface area contributed by atoms with E-state index in [1.807, 2.05) is 20.8 Å². The molecule has 0 aromatic heterocycles. The molecule has 0 radical (unpaired) electrons. The van der Waals surface area contributed by atoms with E-state index in [0.717, 1.165) is 0 Å². The molecular formula is C12H16BrFN2O. The minimum Gasteiger partial charge on any atom is -0.396 e. The van der Waals surface area contributed by atoms with Gasteiger partial charge < -0.3 is 11.1 Å². The highest BCUT2D eigenvalue weighted by atomic mass is 79.9. The summed E-state index contributed by atoms with van der Waals surface area (Å²) in [5.41, 5.74) is 5.75. The maximum atomic E-state index is 13.1. The molecule has 0 aliphatic carbocycles. The Kier molecular flexibility index (Phi) is 4.51. The highest BCUT2D eigenvalue weighted by molar-refractivity contribution is 9.10. The number of nitrogens with one attached hydrogen (secondary N) is 1. The Balaban J connectivity index is 2.93. The Morgan fingerprint density at radius 2 is 2.00 bits per heavy atom. The van der Waals surface area contributed by atoms with E-state index < -0.39 is 5.82 Å². The van der Waals surface area contributed by atoms with Crippen molar-refractivity contribution in [2.75, 3.05) is 5.73 Å². The molecule has 1 atom stereocenters. The van der Waals surface area contributed by atoms with Crippen LogP contribution in [0.25, 0.3) is 0 Å². The summed E-state index contributed by atoms with van der Waals surface area (Å²) in [5.74, 6) is -0.467. The first-order valence-electron chi connectivity index (χ1n) is 5.38. The number of carbonyl (C=O) groups is 1. The highest BCUT2D eigenvalue weighted by Gasteiger charge is 2.16. The van der Waals surface area contributed by atoms with E-state index in [4.69, 9.17) is 5.73 Å². The quantitative estimate of drug-likeness (QED) is 0.844. The van der Waals surface area contributed by atoms with Crippen molar-refractivity contribution in [3.8, 4) is 0 Å². The number of hydrogen-bond acceptors (Lipinski definition) is 2. The van der Waals surface area contributed by atoms with Crippen molar-refractivity contribution < 1.29 is 9.18 Å². The summed E-state index contributed by atoms with van der Waals surface area (Å²) < 4.78 is 13.5. The van der Waals surface area contributed by atoms with E-state index in [0.29, 0.717) is 16.0 Å². The summed E-state index contributed by atoms with van der Waals surface area (Å²) in [6.07, 6.45) is 0. The first-order valence-corrected chi connectivity index (χ1v) is 6.17. The predicted octanol–water partition coefficient (Wildman–Crippen LogP) is 2.94. The van der Waals surface area contributed by atoms with E-state index in [1.54, 1.807) is 0 Å². The minimum absolute atomic E-state index is 0.0319. The van der Waals surface area contributed by atoms with Crippen molar-refractivity contribution in [3.05, 3.63) is 28.0 Å². The van der Waals surface area contributed by atoms with Gasteiger partial charge in [0.15, 0.2) is 0 Å². The number of hydrogen-bond donors (Lipinski definition) is 2. The standard InChI is InChI=1S/C12H16BrFN2O/c1-6(2)7(3)16-12(17)8-4-11(15)10(14)5-9(8)13/h4-7H,15H2,1-3H3,(H,16,17). The summed E-state index contributed by atoms with van der Waals surface area (Å²) in [6.45, 7) is 5.95. The van der Waals surface area contributed by atoms with Crippen LogP contribution in [-0.2, 0) is 0 Å². The van der Waals surface area contributed by atoms with Gasteiger partial charge in [-0.1, -0.05) is 13.8 Å². The molecule has 0 fully saturated rings. The molecule has 0 aliphatic heterocycles. The van der Waals surface area contributed by atoms with Crippen molar-refractivity contribution in [2.45, 2.75) is 26.8 Å². The van der Waals surface area contributed by atoms with E-state index in [-0.39, 0.29) is 17.6 Å². The molecule has 1 unspecified atom stereocenters. The average molecular weight is 303 g/mol. The zero-order valence-electron chi connectivity index (χ0n) is 10.1. The second-order valence-corrected chi connectivity index (χ2v) is 5.21. The molecule has 1 rings (SSSR count). The zero-order valence-corrected chi connectivity index (χ0v) is 11.6. The zero-order chi connectivity index (χ0) is 13.2. The van der Waals surface area contributed by atoms with Gasteiger partial charge in [0, 0.05) is 10.5 Å². The van der Waals surface area contributed by atoms with Crippen LogP contribution in [0.1, 0.15) is 31.1 Å². The summed E-state index contributed by atoms with van der Waals surface area (Å²) in [6, 6.07) is 2.58. The maximum Gasteiger partial charge on any atom is 0.252 e. The molecule has 0 saturated carbocycles. The number of anilines is 1. The molecule has 3 N–H and O–H groups in total. The number of nitrogens with two attached hydrogens (primary N) is 1. The van der Waals surface area contributed by atoms with E-state index in [9.17, 15) is 9.18 Å². The SMILES string of the molecule is CC(C)C(C)NC(=O)c1cc(N)c(F)cc1Br. The lowest BCUT2D eigenvalue weighted by molar-refractivity contribution is 0.0929. The minimum atomic E-state index is -0.537. The molecule has 3 nitrogen and oxygen atoms in total. The molecule has 0 spiro atoms. The Bertz CT molecular complexity index is 435. The van der Waals surface area contributed by atoms with Crippen LogP contribution in [0.2, 0.25) is 0 Å². The molecule has 5 heteroatoms. The van der Waals surface area contributed by atoms with Crippen molar-refractivity contribution >= 4 is 27.5 Å². The van der Waals surface area contributed by atoms with Crippen LogP contribution >= 0.6 is 15.9 Å². The van der Waals surface area contributed by atoms with Crippen LogP contribution in [-0.4, -0.2) is 11.9 Å². The summed E-state index contributed by atoms with van der Waals surface area (Å²) in [7, 11) is 0. The lowest BCUT2D eigenvalue weighted by atomic mass is 10.1. The first kappa shape index (κ1) is 14.0. The van der Waals surface area contributed by atoms with Gasteiger partial charge in [0.25, 0.3) is 5.91 Å². The highest BCUT2D eigenvalue weighted by Crippen LogP contribution is 2.23. The van der Waals surface area contributed by atoms with E-state index in [2.05, 4.69) is 21.2 Å². The van der Waals surface area contributed by atoms with Gasteiger partial charge in [-0.25, -0.2) is 4.39 Å². The van der Waals surface area contributed by atoms with E-state index >= 15 is 0 Å². The number of carbonyl (C=O) groups excluding carboxylic acids is 1. The molecule has 94 valence electrons. The smallest absolute Gasteiger partial charge is 0.252 e. The topological polar surface area (TPSA) is 55.1 Å². The van der Waals surface area contributed by atoms with Crippen LogP contribution in [0.3, 0.4) is 0 Å². The van der Waals surface area contributed by atoms with Crippen molar-refractivity contribution in [2.24, 2.45) is 5.92 Å². The van der Waals surface area contributed by atoms with Gasteiger partial charge in [-0.2, -0.15) is 0 Å². The summed E-state index contributed by atoms with van der Waals surface area (Å²) in [4.78, 5) is 11.9. The maximum absolute atomic E-state index is 13.1. The van der Waals surface area contributed by atoms with Gasteiger partial charge >= 0.3 is 0 Å². The van der Waals surface area contributed by atoms with Gasteiger partial charge in [0.2, 0.25) is 0 Å². The predicted molar refractivity (Wildman–Crippen MR) is 70.3 cm³/mol. The Morgan fingerprint density at radius 3 is 2.53 bits per heavy atom. The second-order valence-electron chi connectivity index (χ2n) is 4.36. The third-order valence-electron chi connectivity index (χ3n) is 2.69. The lowest BCUT2D eigenvalue weighted by Crippen LogP contribution is -2.36. The molecular weight excluding hydrogens is 287 g/mol. The fourth-order valence-corrected chi connectivity index (χ4v) is 1.69. The van der Waals surface area contributed by atoms with Crippen molar-refractivity contribution in [1.82, 2.24) is 5.32 Å². The molecule has 17 heavy (non-hydrogen) atoms. The van der Waals surface area contributed by atoms with Crippen molar-refractivity contribution in [1.29, 1.82) is 0 Å². The van der Waals surface area contributed by atoms with Crippen LogP contribution < -0.4 is 11.1 Å². The van der Waals surface area contributed by atoms with Gasteiger partial charge in [-0.15, -0.1) is 0 Å². The summed E-state index contributed by atoms with van der Waals surface area (Å²) in [5, 5.41) is 2.84. The fraction of sp³-hybridized carbons (Fsp3) is 0.417. The Hall–Kier alpha value is -1.10. The largest absolute Gasteiger partial charge is 0.396 e. The Labute approximate surface area is 109 Å². The third-order valence-corrected chi connectivity index (χ3v) is 3.35. The summed E-state index contributed by atoms with van der Waals surface area (Å²) >= 11 is 3.15. The number of halogens is 2. The lowest BCUT2D eigenvalue weighted by Gasteiger charge is -2.18. The molecule has 0 bridgehead atoms. The molecule has 1 amide bonds. The van der Waals surface area contributed by atoms with Crippen LogP contribution in [0.4, 0.5) is 10.1 Å². The molecule has 0 heterocycles. The van der Waals surface area contributed by atoms with Gasteiger partial charge in [-0.3, -0.25) is 4.79 Å². The monoisotopic (exact) mass is 302 g/mol. The molecule has 1 aromatic rings. The average Bonchev–Trinajstić information content (AvgIpc) is 2.22. The molecule has 0 aliphatic rings. The normalized spacial score (nSPS) is 12.6. The van der Waals surface area contributed by atoms with Crippen LogP contribution in [0, 0.1) is 11.7 Å². The van der Waals surface area contributed by atoms with Crippen molar-refractivity contribution in [3.63, 3.8) is 0 Å². The number of amides is 1. The van der Waals surface area contributed by atoms with Crippen LogP contribution in [0.15, 0.2) is 16.6 Å². The fourth-order valence-electron chi connectivity index (χ4n) is 1.19. The van der Waals surface area contributed by atoms with E-state index in [1.165, 1.54) is 12.1 Å². The van der Waals surface area contributed by atoms with Gasteiger partial charge in [0.1, 0.15) is 5.82 Å². The molecule has 0 saturated heterocycles. The van der Waals surface area contributed by atoms with Gasteiger partial charge in [0.05, 0.1) is 11.3 Å².